The molecule has 0 aliphatic carbocycles. The fourth-order valence-corrected chi connectivity index (χ4v) is 8.54. The minimum atomic E-state index is -2.01. The van der Waals surface area contributed by atoms with Crippen LogP contribution in [0.25, 0.3) is 11.0 Å². The van der Waals surface area contributed by atoms with Gasteiger partial charge in [0.2, 0.25) is 0 Å². The molecule has 5 aromatic rings. The summed E-state index contributed by atoms with van der Waals surface area (Å²) in [7, 11) is -2.01. The van der Waals surface area contributed by atoms with E-state index < -0.39 is 7.26 Å². The number of benzene rings is 4. The van der Waals surface area contributed by atoms with E-state index in [1.807, 2.05) is 24.5 Å². The molecule has 0 amide bonds. The van der Waals surface area contributed by atoms with E-state index in [1.165, 1.54) is 15.9 Å². The van der Waals surface area contributed by atoms with Crippen molar-refractivity contribution in [2.45, 2.75) is 6.16 Å². The lowest BCUT2D eigenvalue weighted by molar-refractivity contribution is 0.612. The molecule has 0 saturated heterocycles. The fraction of sp³-hybridized carbons (Fsp3) is 0.0357. The van der Waals surface area contributed by atoms with Crippen LogP contribution in [0.2, 0.25) is 0 Å². The predicted molar refractivity (Wildman–Crippen MR) is 130 cm³/mol. The molecule has 2 nitrogen and oxygen atoms in total. The van der Waals surface area contributed by atoms with Crippen molar-refractivity contribution in [3.63, 3.8) is 0 Å². The van der Waals surface area contributed by atoms with Crippen molar-refractivity contribution in [2.24, 2.45) is 0 Å². The van der Waals surface area contributed by atoms with E-state index in [2.05, 4.69) is 97.1 Å². The number of furan rings is 1. The zero-order chi connectivity index (χ0) is 21.1. The van der Waals surface area contributed by atoms with E-state index in [1.54, 1.807) is 0 Å². The van der Waals surface area contributed by atoms with E-state index >= 15 is 0 Å². The number of nitriles is 1. The summed E-state index contributed by atoms with van der Waals surface area (Å²) in [6.45, 7) is 0. The Morgan fingerprint density at radius 3 is 1.68 bits per heavy atom. The Balaban J connectivity index is 1.80. The number of hydrogen-bond acceptors (Lipinski definition) is 2. The SMILES string of the molecule is N#Cc1ccc2occ(C[P+](c3ccccc3)(c3ccccc3)c3ccccc3)c2c1. The van der Waals surface area contributed by atoms with Gasteiger partial charge < -0.3 is 4.42 Å². The van der Waals surface area contributed by atoms with E-state index in [4.69, 9.17) is 4.42 Å². The number of nitrogens with zero attached hydrogens (tertiary/aromatic N) is 1. The van der Waals surface area contributed by atoms with Crippen molar-refractivity contribution in [3.05, 3.63) is 127 Å². The van der Waals surface area contributed by atoms with E-state index in [0.717, 1.165) is 22.7 Å². The maximum atomic E-state index is 9.42. The molecule has 0 N–H and O–H groups in total. The maximum absolute atomic E-state index is 9.42. The molecule has 0 fully saturated rings. The van der Waals surface area contributed by atoms with Gasteiger partial charge in [0.25, 0.3) is 0 Å². The summed E-state index contributed by atoms with van der Waals surface area (Å²) in [5.74, 6) is 0. The van der Waals surface area contributed by atoms with Crippen LogP contribution in [-0.2, 0) is 6.16 Å². The Bertz CT molecular complexity index is 1260. The first-order valence-corrected chi connectivity index (χ1v) is 12.2. The molecule has 0 spiro atoms. The summed E-state index contributed by atoms with van der Waals surface area (Å²) >= 11 is 0. The van der Waals surface area contributed by atoms with Crippen LogP contribution < -0.4 is 15.9 Å². The maximum Gasteiger partial charge on any atom is 0.134 e. The van der Waals surface area contributed by atoms with Crippen molar-refractivity contribution in [1.82, 2.24) is 0 Å². The van der Waals surface area contributed by atoms with Gasteiger partial charge in [-0.05, 0) is 54.6 Å². The second kappa shape index (κ2) is 8.23. The highest BCUT2D eigenvalue weighted by molar-refractivity contribution is 7.95. The Kier molecular flexibility index (Phi) is 5.13. The second-order valence-corrected chi connectivity index (χ2v) is 11.0. The molecule has 0 bridgehead atoms. The highest BCUT2D eigenvalue weighted by atomic mass is 31.2. The summed E-state index contributed by atoms with van der Waals surface area (Å²) in [5.41, 5.74) is 2.61. The van der Waals surface area contributed by atoms with Crippen molar-refractivity contribution in [3.8, 4) is 6.07 Å². The van der Waals surface area contributed by atoms with Crippen LogP contribution in [0.1, 0.15) is 11.1 Å². The Morgan fingerprint density at radius 1 is 0.677 bits per heavy atom. The van der Waals surface area contributed by atoms with Crippen molar-refractivity contribution < 1.29 is 4.42 Å². The van der Waals surface area contributed by atoms with Gasteiger partial charge in [0.1, 0.15) is 34.9 Å². The molecule has 1 heterocycles. The first-order chi connectivity index (χ1) is 15.3. The van der Waals surface area contributed by atoms with E-state index in [9.17, 15) is 5.26 Å². The quantitative estimate of drug-likeness (QED) is 0.338. The highest BCUT2D eigenvalue weighted by Gasteiger charge is 2.46. The zero-order valence-corrected chi connectivity index (χ0v) is 17.9. The molecule has 0 atom stereocenters. The molecule has 3 heteroatoms. The normalized spacial score (nSPS) is 11.3. The molecule has 0 radical (unpaired) electrons. The lowest BCUT2D eigenvalue weighted by Crippen LogP contribution is -2.32. The van der Waals surface area contributed by atoms with Crippen LogP contribution in [0, 0.1) is 11.3 Å². The standard InChI is InChI=1S/C28H21NOP/c29-19-22-16-17-28-27(18-22)23(20-30-28)21-31(24-10-4-1-5-11-24,25-12-6-2-7-13-25)26-14-8-3-9-15-26/h1-18,20H,21H2/q+1. The largest absolute Gasteiger partial charge is 0.464 e. The third kappa shape index (κ3) is 3.44. The van der Waals surface area contributed by atoms with Crippen LogP contribution in [0.4, 0.5) is 0 Å². The van der Waals surface area contributed by atoms with Crippen LogP contribution in [-0.4, -0.2) is 0 Å². The van der Waals surface area contributed by atoms with Gasteiger partial charge in [-0.2, -0.15) is 5.26 Å². The summed E-state index contributed by atoms with van der Waals surface area (Å²) in [5, 5.41) is 14.4. The highest BCUT2D eigenvalue weighted by Crippen LogP contribution is 2.58. The molecule has 0 aliphatic rings. The van der Waals surface area contributed by atoms with Crippen molar-refractivity contribution in [2.75, 3.05) is 0 Å². The van der Waals surface area contributed by atoms with Crippen LogP contribution in [0.15, 0.2) is 120 Å². The first-order valence-electron chi connectivity index (χ1n) is 10.3. The van der Waals surface area contributed by atoms with Crippen LogP contribution >= 0.6 is 7.26 Å². The third-order valence-corrected chi connectivity index (χ3v) is 10.1. The predicted octanol–water partition coefficient (Wildman–Crippen LogP) is 5.80. The minimum Gasteiger partial charge on any atom is -0.464 e. The Hall–Kier alpha value is -3.66. The number of hydrogen-bond donors (Lipinski definition) is 0. The van der Waals surface area contributed by atoms with Crippen molar-refractivity contribution in [1.29, 1.82) is 5.26 Å². The molecule has 31 heavy (non-hydrogen) atoms. The second-order valence-electron chi connectivity index (χ2n) is 7.56. The summed E-state index contributed by atoms with van der Waals surface area (Å²) < 4.78 is 5.91. The van der Waals surface area contributed by atoms with Gasteiger partial charge in [-0.3, -0.25) is 0 Å². The van der Waals surface area contributed by atoms with Gasteiger partial charge in [0, 0.05) is 10.9 Å². The Labute approximate surface area is 182 Å². The van der Waals surface area contributed by atoms with Gasteiger partial charge in [-0.15, -0.1) is 0 Å². The zero-order valence-electron chi connectivity index (χ0n) is 17.0. The molecule has 4 aromatic carbocycles. The average Bonchev–Trinajstić information content (AvgIpc) is 3.26. The molecule has 148 valence electrons. The molecular weight excluding hydrogens is 397 g/mol. The molecule has 1 aromatic heterocycles. The monoisotopic (exact) mass is 418 g/mol. The molecular formula is C28H21NOP+. The lowest BCUT2D eigenvalue weighted by Gasteiger charge is -2.27. The number of fused-ring (bicyclic) bond motifs is 1. The summed E-state index contributed by atoms with van der Waals surface area (Å²) in [4.78, 5) is 0. The number of rotatable bonds is 5. The summed E-state index contributed by atoms with van der Waals surface area (Å²) in [6.07, 6.45) is 2.70. The van der Waals surface area contributed by atoms with Crippen molar-refractivity contribution >= 4 is 34.1 Å². The van der Waals surface area contributed by atoms with E-state index in [-0.39, 0.29) is 0 Å². The Morgan fingerprint density at radius 2 is 1.19 bits per heavy atom. The van der Waals surface area contributed by atoms with Gasteiger partial charge in [0.15, 0.2) is 0 Å². The van der Waals surface area contributed by atoms with E-state index in [0.29, 0.717) is 5.56 Å². The molecule has 0 aliphatic heterocycles. The fourth-order valence-electron chi connectivity index (χ4n) is 4.30. The lowest BCUT2D eigenvalue weighted by atomic mass is 10.1. The van der Waals surface area contributed by atoms with Gasteiger partial charge in [0.05, 0.1) is 17.9 Å². The van der Waals surface area contributed by atoms with Gasteiger partial charge in [-0.25, -0.2) is 0 Å². The summed E-state index contributed by atoms with van der Waals surface area (Å²) in [6, 6.07) is 40.3. The van der Waals surface area contributed by atoms with Gasteiger partial charge in [-0.1, -0.05) is 54.6 Å². The minimum absolute atomic E-state index is 0.651. The molecule has 5 rings (SSSR count). The van der Waals surface area contributed by atoms with Crippen LogP contribution in [0.3, 0.4) is 0 Å². The third-order valence-electron chi connectivity index (χ3n) is 5.78. The van der Waals surface area contributed by atoms with Gasteiger partial charge >= 0.3 is 0 Å². The smallest absolute Gasteiger partial charge is 0.134 e. The molecule has 0 saturated carbocycles. The first kappa shape index (κ1) is 19.3. The molecule has 0 unspecified atom stereocenters. The average molecular weight is 418 g/mol. The topological polar surface area (TPSA) is 36.9 Å². The van der Waals surface area contributed by atoms with Crippen LogP contribution in [0.5, 0.6) is 0 Å².